The number of methoxy groups -OCH3 is 1. The van der Waals surface area contributed by atoms with E-state index < -0.39 is 0 Å². The smallest absolute Gasteiger partial charge is 0.119 e. The maximum absolute atomic E-state index is 5.93. The fraction of sp³-hybridized carbons (Fsp3) is 0.571. The van der Waals surface area contributed by atoms with E-state index in [2.05, 4.69) is 37.8 Å². The van der Waals surface area contributed by atoms with Gasteiger partial charge in [0.05, 0.1) is 7.11 Å². The first-order valence-electron chi connectivity index (χ1n) is 6.23. The van der Waals surface area contributed by atoms with Crippen LogP contribution in [0.2, 0.25) is 0 Å². The standard InChI is InChI=1S/C14H24N2O/c1-5-16(11(2)3)14(10-15)12-7-6-8-13(9-12)17-4/h6-9,11,14H,5,10,15H2,1-4H3. The van der Waals surface area contributed by atoms with E-state index in [1.807, 2.05) is 12.1 Å². The van der Waals surface area contributed by atoms with Crippen molar-refractivity contribution in [3.63, 3.8) is 0 Å². The summed E-state index contributed by atoms with van der Waals surface area (Å²) >= 11 is 0. The molecule has 0 heterocycles. The van der Waals surface area contributed by atoms with Crippen LogP contribution in [-0.2, 0) is 0 Å². The third-order valence-corrected chi connectivity index (χ3v) is 3.13. The van der Waals surface area contributed by atoms with Gasteiger partial charge in [-0.2, -0.15) is 0 Å². The minimum atomic E-state index is 0.259. The molecular formula is C14H24N2O. The normalized spacial score (nSPS) is 13.1. The Morgan fingerprint density at radius 3 is 2.53 bits per heavy atom. The molecule has 0 saturated carbocycles. The Kier molecular flexibility index (Phi) is 5.45. The fourth-order valence-corrected chi connectivity index (χ4v) is 2.26. The predicted octanol–water partition coefficient (Wildman–Crippen LogP) is 2.43. The van der Waals surface area contributed by atoms with Gasteiger partial charge in [0, 0.05) is 18.6 Å². The van der Waals surface area contributed by atoms with E-state index in [1.165, 1.54) is 5.56 Å². The third kappa shape index (κ3) is 3.45. The van der Waals surface area contributed by atoms with Crippen molar-refractivity contribution in [3.8, 4) is 5.75 Å². The molecule has 0 radical (unpaired) electrons. The van der Waals surface area contributed by atoms with Crippen molar-refractivity contribution >= 4 is 0 Å². The summed E-state index contributed by atoms with van der Waals surface area (Å²) in [5.74, 6) is 0.890. The number of ether oxygens (including phenoxy) is 1. The van der Waals surface area contributed by atoms with Crippen LogP contribution in [0.3, 0.4) is 0 Å². The third-order valence-electron chi connectivity index (χ3n) is 3.13. The van der Waals surface area contributed by atoms with Gasteiger partial charge in [-0.15, -0.1) is 0 Å². The molecule has 0 aliphatic heterocycles. The van der Waals surface area contributed by atoms with Crippen LogP contribution in [0.15, 0.2) is 24.3 Å². The van der Waals surface area contributed by atoms with Crippen molar-refractivity contribution in [2.75, 3.05) is 20.2 Å². The number of benzene rings is 1. The van der Waals surface area contributed by atoms with Gasteiger partial charge in [0.1, 0.15) is 5.75 Å². The van der Waals surface area contributed by atoms with Gasteiger partial charge in [-0.3, -0.25) is 4.90 Å². The van der Waals surface area contributed by atoms with Crippen LogP contribution < -0.4 is 10.5 Å². The maximum Gasteiger partial charge on any atom is 0.119 e. The summed E-state index contributed by atoms with van der Waals surface area (Å²) in [4.78, 5) is 2.40. The molecule has 17 heavy (non-hydrogen) atoms. The summed E-state index contributed by atoms with van der Waals surface area (Å²) in [6.07, 6.45) is 0. The van der Waals surface area contributed by atoms with Crippen molar-refractivity contribution in [2.24, 2.45) is 5.73 Å². The van der Waals surface area contributed by atoms with Gasteiger partial charge in [-0.05, 0) is 38.1 Å². The molecular weight excluding hydrogens is 212 g/mol. The molecule has 1 atom stereocenters. The Hall–Kier alpha value is -1.06. The van der Waals surface area contributed by atoms with Crippen LogP contribution in [0, 0.1) is 0 Å². The highest BCUT2D eigenvalue weighted by Gasteiger charge is 2.20. The van der Waals surface area contributed by atoms with Gasteiger partial charge in [0.2, 0.25) is 0 Å². The van der Waals surface area contributed by atoms with Gasteiger partial charge in [-0.1, -0.05) is 19.1 Å². The molecule has 3 heteroatoms. The predicted molar refractivity (Wildman–Crippen MR) is 72.3 cm³/mol. The van der Waals surface area contributed by atoms with E-state index in [0.717, 1.165) is 12.3 Å². The Bertz CT molecular complexity index is 339. The first kappa shape index (κ1) is 14.0. The summed E-state index contributed by atoms with van der Waals surface area (Å²) < 4.78 is 5.26. The van der Waals surface area contributed by atoms with Gasteiger partial charge in [0.25, 0.3) is 0 Å². The molecule has 0 spiro atoms. The molecule has 1 unspecified atom stereocenters. The minimum Gasteiger partial charge on any atom is -0.497 e. The Morgan fingerprint density at radius 2 is 2.06 bits per heavy atom. The van der Waals surface area contributed by atoms with E-state index in [1.54, 1.807) is 7.11 Å². The average molecular weight is 236 g/mol. The Balaban J connectivity index is 2.99. The second kappa shape index (κ2) is 6.62. The molecule has 0 amide bonds. The van der Waals surface area contributed by atoms with Gasteiger partial charge >= 0.3 is 0 Å². The summed E-state index contributed by atoms with van der Waals surface area (Å²) in [5.41, 5.74) is 7.15. The average Bonchev–Trinajstić information content (AvgIpc) is 2.35. The lowest BCUT2D eigenvalue weighted by Gasteiger charge is -2.33. The highest BCUT2D eigenvalue weighted by molar-refractivity contribution is 5.30. The topological polar surface area (TPSA) is 38.5 Å². The first-order valence-corrected chi connectivity index (χ1v) is 6.23. The summed E-state index contributed by atoms with van der Waals surface area (Å²) in [6, 6.07) is 8.91. The minimum absolute atomic E-state index is 0.259. The SMILES string of the molecule is CCN(C(C)C)C(CN)c1cccc(OC)c1. The lowest BCUT2D eigenvalue weighted by molar-refractivity contribution is 0.166. The van der Waals surface area contributed by atoms with Crippen LogP contribution in [0.25, 0.3) is 0 Å². The number of nitrogens with zero attached hydrogens (tertiary/aromatic N) is 1. The summed E-state index contributed by atoms with van der Waals surface area (Å²) in [5, 5.41) is 0. The molecule has 1 aromatic carbocycles. The first-order chi connectivity index (χ1) is 8.13. The van der Waals surface area contributed by atoms with Gasteiger partial charge < -0.3 is 10.5 Å². The Labute approximate surface area is 105 Å². The number of hydrogen-bond acceptors (Lipinski definition) is 3. The van der Waals surface area contributed by atoms with E-state index in [9.17, 15) is 0 Å². The lowest BCUT2D eigenvalue weighted by Crippen LogP contribution is -2.38. The van der Waals surface area contributed by atoms with Gasteiger partial charge in [-0.25, -0.2) is 0 Å². The molecule has 96 valence electrons. The van der Waals surface area contributed by atoms with Crippen molar-refractivity contribution in [2.45, 2.75) is 32.9 Å². The second-order valence-corrected chi connectivity index (χ2v) is 4.45. The molecule has 3 nitrogen and oxygen atoms in total. The zero-order valence-electron chi connectivity index (χ0n) is 11.3. The number of nitrogens with two attached hydrogens (primary N) is 1. The molecule has 0 aromatic heterocycles. The largest absolute Gasteiger partial charge is 0.497 e. The van der Waals surface area contributed by atoms with Crippen molar-refractivity contribution in [1.29, 1.82) is 0 Å². The van der Waals surface area contributed by atoms with E-state index in [-0.39, 0.29) is 6.04 Å². The van der Waals surface area contributed by atoms with Crippen LogP contribution >= 0.6 is 0 Å². The Morgan fingerprint density at radius 1 is 1.35 bits per heavy atom. The van der Waals surface area contributed by atoms with Crippen LogP contribution in [0.4, 0.5) is 0 Å². The maximum atomic E-state index is 5.93. The molecule has 2 N–H and O–H groups in total. The molecule has 1 rings (SSSR count). The highest BCUT2D eigenvalue weighted by atomic mass is 16.5. The monoisotopic (exact) mass is 236 g/mol. The number of hydrogen-bond donors (Lipinski definition) is 1. The molecule has 0 aliphatic rings. The summed E-state index contributed by atoms with van der Waals surface area (Å²) in [6.45, 7) is 8.19. The van der Waals surface area contributed by atoms with E-state index in [0.29, 0.717) is 12.6 Å². The molecule has 0 saturated heterocycles. The lowest BCUT2D eigenvalue weighted by atomic mass is 10.0. The summed E-state index contributed by atoms with van der Waals surface area (Å²) in [7, 11) is 1.69. The molecule has 0 fully saturated rings. The molecule has 0 bridgehead atoms. The molecule has 1 aromatic rings. The van der Waals surface area contributed by atoms with Crippen LogP contribution in [0.1, 0.15) is 32.4 Å². The second-order valence-electron chi connectivity index (χ2n) is 4.45. The van der Waals surface area contributed by atoms with Crippen LogP contribution in [-0.4, -0.2) is 31.1 Å². The number of rotatable bonds is 6. The zero-order chi connectivity index (χ0) is 12.8. The van der Waals surface area contributed by atoms with Crippen molar-refractivity contribution in [1.82, 2.24) is 4.90 Å². The highest BCUT2D eigenvalue weighted by Crippen LogP contribution is 2.24. The number of likely N-dealkylation sites (N-methyl/N-ethyl adjacent to an activating group) is 1. The quantitative estimate of drug-likeness (QED) is 0.824. The van der Waals surface area contributed by atoms with Crippen LogP contribution in [0.5, 0.6) is 5.75 Å². The fourth-order valence-electron chi connectivity index (χ4n) is 2.26. The van der Waals surface area contributed by atoms with Crippen molar-refractivity contribution in [3.05, 3.63) is 29.8 Å². The van der Waals surface area contributed by atoms with E-state index >= 15 is 0 Å². The molecule has 0 aliphatic carbocycles. The van der Waals surface area contributed by atoms with E-state index in [4.69, 9.17) is 10.5 Å². The zero-order valence-corrected chi connectivity index (χ0v) is 11.3. The van der Waals surface area contributed by atoms with Crippen molar-refractivity contribution < 1.29 is 4.74 Å². The van der Waals surface area contributed by atoms with Gasteiger partial charge in [0.15, 0.2) is 0 Å².